The van der Waals surface area contributed by atoms with E-state index in [4.69, 9.17) is 4.74 Å². The first kappa shape index (κ1) is 25.0. The molecule has 0 fully saturated rings. The molecule has 178 valence electrons. The van der Waals surface area contributed by atoms with Gasteiger partial charge in [-0.25, -0.2) is 4.39 Å². The summed E-state index contributed by atoms with van der Waals surface area (Å²) >= 11 is 0. The maximum absolute atomic E-state index is 13.5. The minimum Gasteiger partial charge on any atom is -0.483 e. The highest BCUT2D eigenvalue weighted by atomic mass is 19.1. The maximum Gasteiger partial charge on any atom is 0.261 e. The number of likely N-dealkylation sites (N-methyl/N-ethyl adjacent to an activating group) is 1. The van der Waals surface area contributed by atoms with E-state index >= 15 is 0 Å². The number of para-hydroxylation sites is 1. The Bertz CT molecular complexity index is 1080. The molecule has 0 aliphatic rings. The molecule has 2 amide bonds. The summed E-state index contributed by atoms with van der Waals surface area (Å²) in [5.74, 6) is -0.0813. The van der Waals surface area contributed by atoms with E-state index < -0.39 is 6.04 Å². The Hall–Kier alpha value is -3.67. The molecule has 0 aliphatic heterocycles. The van der Waals surface area contributed by atoms with Crippen molar-refractivity contribution >= 4 is 11.8 Å². The lowest BCUT2D eigenvalue weighted by atomic mass is 10.0. The summed E-state index contributed by atoms with van der Waals surface area (Å²) in [4.78, 5) is 27.9. The standard InChI is InChI=1S/C28H31FN2O3/c1-20(2)24-11-7-8-12-26(24)34-19-27(32)31(18-22-13-15-23(29)16-14-22)25(28(33)30-3)17-21-9-5-4-6-10-21/h4-16,20,25H,17-19H2,1-3H3,(H,30,33)/t25-/m1/s1. The molecule has 5 nitrogen and oxygen atoms in total. The van der Waals surface area contributed by atoms with Gasteiger partial charge in [0, 0.05) is 20.0 Å². The van der Waals surface area contributed by atoms with Crippen molar-refractivity contribution < 1.29 is 18.7 Å². The number of hydrogen-bond acceptors (Lipinski definition) is 3. The molecule has 0 unspecified atom stereocenters. The van der Waals surface area contributed by atoms with Crippen LogP contribution < -0.4 is 10.1 Å². The smallest absolute Gasteiger partial charge is 0.261 e. The maximum atomic E-state index is 13.5. The lowest BCUT2D eigenvalue weighted by Gasteiger charge is -2.31. The Labute approximate surface area is 200 Å². The largest absolute Gasteiger partial charge is 0.483 e. The van der Waals surface area contributed by atoms with Gasteiger partial charge in [0.15, 0.2) is 6.61 Å². The van der Waals surface area contributed by atoms with Crippen LogP contribution in [-0.4, -0.2) is 36.4 Å². The van der Waals surface area contributed by atoms with Gasteiger partial charge in [-0.1, -0.05) is 74.5 Å². The van der Waals surface area contributed by atoms with E-state index in [1.165, 1.54) is 17.0 Å². The van der Waals surface area contributed by atoms with Crippen molar-refractivity contribution in [2.24, 2.45) is 0 Å². The first-order valence-electron chi connectivity index (χ1n) is 11.4. The fourth-order valence-electron chi connectivity index (χ4n) is 3.82. The van der Waals surface area contributed by atoms with Crippen LogP contribution in [0.15, 0.2) is 78.9 Å². The first-order valence-corrected chi connectivity index (χ1v) is 11.4. The second-order valence-electron chi connectivity index (χ2n) is 8.45. The van der Waals surface area contributed by atoms with Crippen LogP contribution in [0.1, 0.15) is 36.5 Å². The van der Waals surface area contributed by atoms with Gasteiger partial charge in [-0.2, -0.15) is 0 Å². The van der Waals surface area contributed by atoms with Crippen LogP contribution in [0.3, 0.4) is 0 Å². The van der Waals surface area contributed by atoms with Gasteiger partial charge in [0.2, 0.25) is 5.91 Å². The summed E-state index contributed by atoms with van der Waals surface area (Å²) in [5, 5.41) is 2.68. The van der Waals surface area contributed by atoms with Crippen molar-refractivity contribution in [1.29, 1.82) is 0 Å². The number of halogens is 1. The van der Waals surface area contributed by atoms with Gasteiger partial charge < -0.3 is 15.0 Å². The van der Waals surface area contributed by atoms with E-state index in [9.17, 15) is 14.0 Å². The third kappa shape index (κ3) is 6.67. The normalized spacial score (nSPS) is 11.7. The first-order chi connectivity index (χ1) is 16.4. The number of amides is 2. The molecule has 1 N–H and O–H groups in total. The van der Waals surface area contributed by atoms with Crippen LogP contribution in [-0.2, 0) is 22.6 Å². The molecule has 0 heterocycles. The summed E-state index contributed by atoms with van der Waals surface area (Å²) < 4.78 is 19.4. The summed E-state index contributed by atoms with van der Waals surface area (Å²) in [6.07, 6.45) is 0.343. The third-order valence-electron chi connectivity index (χ3n) is 5.68. The van der Waals surface area contributed by atoms with E-state index in [0.29, 0.717) is 12.2 Å². The van der Waals surface area contributed by atoms with Gasteiger partial charge in [0.25, 0.3) is 5.91 Å². The van der Waals surface area contributed by atoms with Gasteiger partial charge in [0.05, 0.1) is 0 Å². The quantitative estimate of drug-likeness (QED) is 0.475. The average Bonchev–Trinajstić information content (AvgIpc) is 2.86. The van der Waals surface area contributed by atoms with Crippen molar-refractivity contribution in [2.45, 2.75) is 38.8 Å². The summed E-state index contributed by atoms with van der Waals surface area (Å²) in [7, 11) is 1.55. The molecule has 0 bridgehead atoms. The molecule has 0 aromatic heterocycles. The number of hydrogen-bond donors (Lipinski definition) is 1. The molecule has 3 rings (SSSR count). The Balaban J connectivity index is 1.88. The minimum absolute atomic E-state index is 0.152. The number of nitrogens with one attached hydrogen (secondary N) is 1. The highest BCUT2D eigenvalue weighted by molar-refractivity contribution is 5.88. The zero-order chi connectivity index (χ0) is 24.5. The van der Waals surface area contributed by atoms with Crippen LogP contribution in [0, 0.1) is 5.82 Å². The molecule has 3 aromatic carbocycles. The molecule has 0 saturated carbocycles. The Morgan fingerprint density at radius 3 is 2.21 bits per heavy atom. The Morgan fingerprint density at radius 2 is 1.56 bits per heavy atom. The molecule has 0 spiro atoms. The van der Waals surface area contributed by atoms with Crippen LogP contribution in [0.25, 0.3) is 0 Å². The van der Waals surface area contributed by atoms with Gasteiger partial charge in [-0.3, -0.25) is 9.59 Å². The lowest BCUT2D eigenvalue weighted by molar-refractivity contribution is -0.142. The van der Waals surface area contributed by atoms with Gasteiger partial charge in [-0.15, -0.1) is 0 Å². The van der Waals surface area contributed by atoms with Crippen molar-refractivity contribution in [2.75, 3.05) is 13.7 Å². The van der Waals surface area contributed by atoms with Crippen LogP contribution in [0.5, 0.6) is 5.75 Å². The predicted octanol–water partition coefficient (Wildman–Crippen LogP) is 4.71. The number of nitrogens with zero attached hydrogens (tertiary/aromatic N) is 1. The lowest BCUT2D eigenvalue weighted by Crippen LogP contribution is -2.51. The monoisotopic (exact) mass is 462 g/mol. The summed E-state index contributed by atoms with van der Waals surface area (Å²) in [6, 6.07) is 22.3. The second kappa shape index (κ2) is 12.0. The zero-order valence-electron chi connectivity index (χ0n) is 19.8. The van der Waals surface area contributed by atoms with Crippen molar-refractivity contribution in [3.05, 3.63) is 101 Å². The number of carbonyl (C=O) groups excluding carboxylic acids is 2. The molecule has 0 radical (unpaired) electrons. The number of benzene rings is 3. The van der Waals surface area contributed by atoms with E-state index in [2.05, 4.69) is 19.2 Å². The number of rotatable bonds is 10. The fourth-order valence-corrected chi connectivity index (χ4v) is 3.82. The molecule has 34 heavy (non-hydrogen) atoms. The van der Waals surface area contributed by atoms with E-state index in [1.807, 2.05) is 54.6 Å². The molecular formula is C28H31FN2O3. The molecule has 0 saturated heterocycles. The third-order valence-corrected chi connectivity index (χ3v) is 5.68. The van der Waals surface area contributed by atoms with Gasteiger partial charge in [0.1, 0.15) is 17.6 Å². The molecule has 6 heteroatoms. The highest BCUT2D eigenvalue weighted by Crippen LogP contribution is 2.26. The highest BCUT2D eigenvalue weighted by Gasteiger charge is 2.30. The van der Waals surface area contributed by atoms with Gasteiger partial charge in [-0.05, 0) is 40.8 Å². The van der Waals surface area contributed by atoms with Crippen LogP contribution >= 0.6 is 0 Å². The predicted molar refractivity (Wildman–Crippen MR) is 131 cm³/mol. The SMILES string of the molecule is CNC(=O)[C@@H](Cc1ccccc1)N(Cc1ccc(F)cc1)C(=O)COc1ccccc1C(C)C. The van der Waals surface area contributed by atoms with Crippen molar-refractivity contribution in [3.8, 4) is 5.75 Å². The fraction of sp³-hybridized carbons (Fsp3) is 0.286. The molecular weight excluding hydrogens is 431 g/mol. The zero-order valence-corrected chi connectivity index (χ0v) is 19.8. The molecule has 0 aliphatic carbocycles. The summed E-state index contributed by atoms with van der Waals surface area (Å²) in [6.45, 7) is 4.06. The molecule has 3 aromatic rings. The van der Waals surface area contributed by atoms with Crippen LogP contribution in [0.4, 0.5) is 4.39 Å². The molecule has 1 atom stereocenters. The van der Waals surface area contributed by atoms with E-state index in [-0.39, 0.29) is 36.7 Å². The average molecular weight is 463 g/mol. The Kier molecular flexibility index (Phi) is 8.79. The van der Waals surface area contributed by atoms with E-state index in [1.54, 1.807) is 19.2 Å². The van der Waals surface area contributed by atoms with E-state index in [0.717, 1.165) is 16.7 Å². The topological polar surface area (TPSA) is 58.6 Å². The van der Waals surface area contributed by atoms with Crippen molar-refractivity contribution in [3.63, 3.8) is 0 Å². The number of carbonyl (C=O) groups is 2. The minimum atomic E-state index is -0.756. The Morgan fingerprint density at radius 1 is 0.912 bits per heavy atom. The van der Waals surface area contributed by atoms with Crippen LogP contribution in [0.2, 0.25) is 0 Å². The van der Waals surface area contributed by atoms with Crippen molar-refractivity contribution in [1.82, 2.24) is 10.2 Å². The summed E-state index contributed by atoms with van der Waals surface area (Å²) in [5.41, 5.74) is 2.66. The second-order valence-corrected chi connectivity index (χ2v) is 8.45. The number of ether oxygens (including phenoxy) is 1. The van der Waals surface area contributed by atoms with Gasteiger partial charge >= 0.3 is 0 Å².